The fourth-order valence-electron chi connectivity index (χ4n) is 2.04. The van der Waals surface area contributed by atoms with Gasteiger partial charge in [0.2, 0.25) is 5.91 Å². The van der Waals surface area contributed by atoms with Crippen molar-refractivity contribution in [3.05, 3.63) is 59.7 Å². The van der Waals surface area contributed by atoms with Crippen LogP contribution in [0.4, 0.5) is 29.3 Å². The van der Waals surface area contributed by atoms with Gasteiger partial charge in [0.25, 0.3) is 0 Å². The summed E-state index contributed by atoms with van der Waals surface area (Å²) >= 11 is 0. The first-order valence-corrected chi connectivity index (χ1v) is 7.33. The Labute approximate surface area is 142 Å². The molecule has 0 aromatic heterocycles. The lowest BCUT2D eigenvalue weighted by Crippen LogP contribution is -2.35. The number of halogens is 3. The minimum absolute atomic E-state index is 0.0218. The summed E-state index contributed by atoms with van der Waals surface area (Å²) in [6.07, 6.45) is -4.50. The number of benzene rings is 2. The van der Waals surface area contributed by atoms with Crippen molar-refractivity contribution in [1.82, 2.24) is 5.32 Å². The second-order valence-electron chi connectivity index (χ2n) is 5.30. The summed E-state index contributed by atoms with van der Waals surface area (Å²) in [7, 11) is 0. The fourth-order valence-corrected chi connectivity index (χ4v) is 2.04. The molecule has 5 nitrogen and oxygen atoms in total. The van der Waals surface area contributed by atoms with Gasteiger partial charge in [-0.2, -0.15) is 13.2 Å². The Morgan fingerprint density at radius 2 is 1.60 bits per heavy atom. The van der Waals surface area contributed by atoms with Crippen LogP contribution in [0, 0.1) is 6.92 Å². The minimum atomic E-state index is -4.50. The van der Waals surface area contributed by atoms with E-state index in [1.54, 1.807) is 18.2 Å². The van der Waals surface area contributed by atoms with Gasteiger partial charge >= 0.3 is 12.2 Å². The SMILES string of the molecule is Cc1cccc(NC(=O)CNC(=O)Nc2cccc(C(F)(F)F)c2)c1. The Bertz CT molecular complexity index is 776. The van der Waals surface area contributed by atoms with E-state index >= 15 is 0 Å². The Balaban J connectivity index is 1.85. The quantitative estimate of drug-likeness (QED) is 0.785. The van der Waals surface area contributed by atoms with Crippen LogP contribution in [0.1, 0.15) is 11.1 Å². The predicted octanol–water partition coefficient (Wildman–Crippen LogP) is 3.77. The zero-order valence-corrected chi connectivity index (χ0v) is 13.3. The number of hydrogen-bond donors (Lipinski definition) is 3. The highest BCUT2D eigenvalue weighted by Crippen LogP contribution is 2.30. The van der Waals surface area contributed by atoms with Gasteiger partial charge in [-0.1, -0.05) is 18.2 Å². The number of carbonyl (C=O) groups excluding carboxylic acids is 2. The Morgan fingerprint density at radius 3 is 2.24 bits per heavy atom. The standard InChI is InChI=1S/C17H16F3N3O2/c1-11-4-2-6-13(8-11)22-15(24)10-21-16(25)23-14-7-3-5-12(9-14)17(18,19)20/h2-9H,10H2,1H3,(H,22,24)(H2,21,23,25). The van der Waals surface area contributed by atoms with Crippen LogP contribution in [0.2, 0.25) is 0 Å². The number of amides is 3. The van der Waals surface area contributed by atoms with Crippen LogP contribution in [0.15, 0.2) is 48.5 Å². The molecule has 2 rings (SSSR count). The van der Waals surface area contributed by atoms with E-state index in [-0.39, 0.29) is 12.2 Å². The van der Waals surface area contributed by atoms with E-state index in [2.05, 4.69) is 16.0 Å². The number of hydrogen-bond acceptors (Lipinski definition) is 2. The summed E-state index contributed by atoms with van der Waals surface area (Å²) in [4.78, 5) is 23.5. The zero-order chi connectivity index (χ0) is 18.4. The Kier molecular flexibility index (Phi) is 5.63. The first kappa shape index (κ1) is 18.3. The predicted molar refractivity (Wildman–Crippen MR) is 88.3 cm³/mol. The van der Waals surface area contributed by atoms with E-state index < -0.39 is 23.7 Å². The largest absolute Gasteiger partial charge is 0.416 e. The first-order valence-electron chi connectivity index (χ1n) is 7.33. The maximum absolute atomic E-state index is 12.6. The van der Waals surface area contributed by atoms with E-state index in [0.29, 0.717) is 5.69 Å². The van der Waals surface area contributed by atoms with E-state index in [4.69, 9.17) is 0 Å². The molecule has 3 N–H and O–H groups in total. The monoisotopic (exact) mass is 351 g/mol. The van der Waals surface area contributed by atoms with Gasteiger partial charge < -0.3 is 16.0 Å². The summed E-state index contributed by atoms with van der Waals surface area (Å²) < 4.78 is 37.8. The smallest absolute Gasteiger partial charge is 0.329 e. The lowest BCUT2D eigenvalue weighted by molar-refractivity contribution is -0.137. The molecule has 0 aliphatic carbocycles. The number of urea groups is 1. The highest BCUT2D eigenvalue weighted by atomic mass is 19.4. The van der Waals surface area contributed by atoms with Gasteiger partial charge in [-0.3, -0.25) is 4.79 Å². The molecule has 0 saturated carbocycles. The third-order valence-electron chi connectivity index (χ3n) is 3.16. The molecule has 2 aromatic rings. The number of carbonyl (C=O) groups is 2. The summed E-state index contributed by atoms with van der Waals surface area (Å²) in [6, 6.07) is 10.6. The molecule has 3 amide bonds. The van der Waals surface area contributed by atoms with Crippen LogP contribution >= 0.6 is 0 Å². The average Bonchev–Trinajstić information content (AvgIpc) is 2.52. The van der Waals surface area contributed by atoms with Crippen LogP contribution in [0.25, 0.3) is 0 Å². The Hall–Kier alpha value is -3.03. The molecule has 25 heavy (non-hydrogen) atoms. The van der Waals surface area contributed by atoms with Crippen molar-refractivity contribution in [2.75, 3.05) is 17.2 Å². The number of anilines is 2. The summed E-state index contributed by atoms with van der Waals surface area (Å²) in [5.74, 6) is -0.454. The van der Waals surface area contributed by atoms with E-state index in [9.17, 15) is 22.8 Å². The molecule has 132 valence electrons. The van der Waals surface area contributed by atoms with Crippen LogP contribution in [-0.2, 0) is 11.0 Å². The van der Waals surface area contributed by atoms with E-state index in [1.807, 2.05) is 13.0 Å². The van der Waals surface area contributed by atoms with Gasteiger partial charge in [0.05, 0.1) is 12.1 Å². The topological polar surface area (TPSA) is 70.2 Å². The normalized spacial score (nSPS) is 10.9. The number of rotatable bonds is 4. The van der Waals surface area contributed by atoms with Crippen molar-refractivity contribution in [3.8, 4) is 0 Å². The van der Waals surface area contributed by atoms with Gasteiger partial charge in [0.15, 0.2) is 0 Å². The number of alkyl halides is 3. The van der Waals surface area contributed by atoms with Crippen molar-refractivity contribution >= 4 is 23.3 Å². The minimum Gasteiger partial charge on any atom is -0.329 e. The summed E-state index contributed by atoms with van der Waals surface area (Å²) in [5.41, 5.74) is 0.659. The van der Waals surface area contributed by atoms with Crippen molar-refractivity contribution in [2.45, 2.75) is 13.1 Å². The third kappa shape index (κ3) is 5.83. The molecule has 0 unspecified atom stereocenters. The molecule has 0 aliphatic rings. The van der Waals surface area contributed by atoms with Gasteiger partial charge in [-0.05, 0) is 42.8 Å². The molecule has 0 bridgehead atoms. The second kappa shape index (κ2) is 7.69. The van der Waals surface area contributed by atoms with E-state index in [1.165, 1.54) is 12.1 Å². The molecular formula is C17H16F3N3O2. The summed E-state index contributed by atoms with van der Waals surface area (Å²) in [6.45, 7) is 1.55. The van der Waals surface area contributed by atoms with Crippen LogP contribution in [-0.4, -0.2) is 18.5 Å². The molecule has 0 aliphatic heterocycles. The lowest BCUT2D eigenvalue weighted by Gasteiger charge is -2.11. The Morgan fingerprint density at radius 1 is 0.960 bits per heavy atom. The highest BCUT2D eigenvalue weighted by Gasteiger charge is 2.30. The van der Waals surface area contributed by atoms with Gasteiger partial charge in [0.1, 0.15) is 0 Å². The third-order valence-corrected chi connectivity index (χ3v) is 3.16. The molecule has 0 fully saturated rings. The van der Waals surface area contributed by atoms with Crippen molar-refractivity contribution in [1.29, 1.82) is 0 Å². The average molecular weight is 351 g/mol. The molecule has 0 radical (unpaired) electrons. The highest BCUT2D eigenvalue weighted by molar-refractivity contribution is 5.97. The van der Waals surface area contributed by atoms with Gasteiger partial charge in [-0.25, -0.2) is 4.79 Å². The van der Waals surface area contributed by atoms with Crippen LogP contribution in [0.3, 0.4) is 0 Å². The summed E-state index contributed by atoms with van der Waals surface area (Å²) in [5, 5.41) is 7.13. The fraction of sp³-hybridized carbons (Fsp3) is 0.176. The van der Waals surface area contributed by atoms with Crippen molar-refractivity contribution in [3.63, 3.8) is 0 Å². The molecular weight excluding hydrogens is 335 g/mol. The maximum Gasteiger partial charge on any atom is 0.416 e. The maximum atomic E-state index is 12.6. The van der Waals surface area contributed by atoms with Crippen molar-refractivity contribution < 1.29 is 22.8 Å². The molecule has 0 heterocycles. The number of nitrogens with one attached hydrogen (secondary N) is 3. The zero-order valence-electron chi connectivity index (χ0n) is 13.3. The van der Waals surface area contributed by atoms with Gasteiger partial charge in [-0.15, -0.1) is 0 Å². The lowest BCUT2D eigenvalue weighted by atomic mass is 10.2. The first-order chi connectivity index (χ1) is 11.7. The second-order valence-corrected chi connectivity index (χ2v) is 5.30. The van der Waals surface area contributed by atoms with Gasteiger partial charge in [0, 0.05) is 11.4 Å². The van der Waals surface area contributed by atoms with Crippen LogP contribution < -0.4 is 16.0 Å². The molecule has 0 atom stereocenters. The molecule has 2 aromatic carbocycles. The molecule has 8 heteroatoms. The van der Waals surface area contributed by atoms with Crippen molar-refractivity contribution in [2.24, 2.45) is 0 Å². The number of aryl methyl sites for hydroxylation is 1. The van der Waals surface area contributed by atoms with Crippen LogP contribution in [0.5, 0.6) is 0 Å². The molecule has 0 spiro atoms. The molecule has 0 saturated heterocycles. The van der Waals surface area contributed by atoms with E-state index in [0.717, 1.165) is 17.7 Å².